The predicted octanol–water partition coefficient (Wildman–Crippen LogP) is 1.42. The molecule has 1 aromatic rings. The maximum absolute atomic E-state index is 11.1. The summed E-state index contributed by atoms with van der Waals surface area (Å²) in [5, 5.41) is 6.14. The average molecular weight is 247 g/mol. The highest BCUT2D eigenvalue weighted by atomic mass is 16.5. The molecule has 2 aliphatic rings. The Morgan fingerprint density at radius 1 is 1.44 bits per heavy atom. The van der Waals surface area contributed by atoms with Gasteiger partial charge in [0.1, 0.15) is 0 Å². The molecular formula is C13H17N3O2. The molecule has 2 atom stereocenters. The molecule has 18 heavy (non-hydrogen) atoms. The molecule has 0 radical (unpaired) electrons. The minimum Gasteiger partial charge on any atom is -0.453 e. The lowest BCUT2D eigenvalue weighted by atomic mass is 10.2. The maximum atomic E-state index is 11.1. The molecule has 3 rings (SSSR count). The summed E-state index contributed by atoms with van der Waals surface area (Å²) in [5.41, 5.74) is 1.98. The minimum atomic E-state index is -0.438. The Morgan fingerprint density at radius 3 is 2.78 bits per heavy atom. The van der Waals surface area contributed by atoms with Crippen LogP contribution >= 0.6 is 0 Å². The zero-order valence-electron chi connectivity index (χ0n) is 10.3. The fraction of sp³-hybridized carbons (Fsp3) is 0.462. The van der Waals surface area contributed by atoms with Crippen molar-refractivity contribution >= 4 is 17.5 Å². The van der Waals surface area contributed by atoms with Gasteiger partial charge in [-0.1, -0.05) is 0 Å². The summed E-state index contributed by atoms with van der Waals surface area (Å²) < 4.78 is 4.56. The van der Waals surface area contributed by atoms with Gasteiger partial charge in [0.05, 0.1) is 7.11 Å². The number of amides is 1. The number of hydrogen-bond acceptors (Lipinski definition) is 4. The van der Waals surface area contributed by atoms with Gasteiger partial charge < -0.3 is 15.0 Å². The monoisotopic (exact) mass is 247 g/mol. The minimum absolute atomic E-state index is 0.438. The molecule has 0 unspecified atom stereocenters. The maximum Gasteiger partial charge on any atom is 0.411 e. The van der Waals surface area contributed by atoms with Crippen LogP contribution in [0.3, 0.4) is 0 Å². The summed E-state index contributed by atoms with van der Waals surface area (Å²) in [6.45, 7) is 2.15. The summed E-state index contributed by atoms with van der Waals surface area (Å²) in [6.07, 6.45) is 0.800. The van der Waals surface area contributed by atoms with Crippen LogP contribution in [0.25, 0.3) is 0 Å². The lowest BCUT2D eigenvalue weighted by Crippen LogP contribution is -2.43. The Labute approximate surface area is 106 Å². The Hall–Kier alpha value is -1.75. The van der Waals surface area contributed by atoms with E-state index in [1.165, 1.54) is 19.2 Å². The average Bonchev–Trinajstić information content (AvgIpc) is 3.02. The van der Waals surface area contributed by atoms with Crippen LogP contribution < -0.4 is 15.5 Å². The van der Waals surface area contributed by atoms with Crippen LogP contribution in [-0.2, 0) is 4.74 Å². The van der Waals surface area contributed by atoms with Crippen molar-refractivity contribution in [3.05, 3.63) is 24.3 Å². The van der Waals surface area contributed by atoms with Crippen molar-refractivity contribution in [3.63, 3.8) is 0 Å². The molecule has 5 heteroatoms. The topological polar surface area (TPSA) is 53.6 Å². The van der Waals surface area contributed by atoms with Crippen LogP contribution in [0, 0.1) is 0 Å². The van der Waals surface area contributed by atoms with Crippen LogP contribution in [-0.4, -0.2) is 38.4 Å². The summed E-state index contributed by atoms with van der Waals surface area (Å²) >= 11 is 0. The van der Waals surface area contributed by atoms with Crippen molar-refractivity contribution in [1.82, 2.24) is 5.32 Å². The van der Waals surface area contributed by atoms with Crippen molar-refractivity contribution < 1.29 is 9.53 Å². The third-order valence-corrected chi connectivity index (χ3v) is 3.69. The zero-order chi connectivity index (χ0) is 12.5. The van der Waals surface area contributed by atoms with Crippen LogP contribution in [0.5, 0.6) is 0 Å². The molecule has 0 aliphatic carbocycles. The number of nitrogens with zero attached hydrogens (tertiary/aromatic N) is 1. The molecule has 0 aromatic heterocycles. The SMILES string of the molecule is COC(=O)Nc1ccc(N2C[C@@H]3C[C@H]2CN3)cc1. The second-order valence-corrected chi connectivity index (χ2v) is 4.81. The molecule has 96 valence electrons. The molecule has 2 saturated heterocycles. The van der Waals surface area contributed by atoms with Gasteiger partial charge in [-0.2, -0.15) is 0 Å². The first-order valence-electron chi connectivity index (χ1n) is 6.21. The molecular weight excluding hydrogens is 230 g/mol. The van der Waals surface area contributed by atoms with Gasteiger partial charge in [-0.15, -0.1) is 0 Å². The molecule has 2 heterocycles. The third-order valence-electron chi connectivity index (χ3n) is 3.69. The summed E-state index contributed by atoms with van der Waals surface area (Å²) in [4.78, 5) is 13.5. The van der Waals surface area contributed by atoms with Crippen molar-refractivity contribution in [1.29, 1.82) is 0 Å². The van der Waals surface area contributed by atoms with Gasteiger partial charge in [-0.05, 0) is 30.7 Å². The van der Waals surface area contributed by atoms with E-state index < -0.39 is 6.09 Å². The Balaban J connectivity index is 1.69. The first-order valence-corrected chi connectivity index (χ1v) is 6.21. The van der Waals surface area contributed by atoms with Crippen molar-refractivity contribution in [3.8, 4) is 0 Å². The van der Waals surface area contributed by atoms with E-state index in [-0.39, 0.29) is 0 Å². The highest BCUT2D eigenvalue weighted by Crippen LogP contribution is 2.29. The largest absolute Gasteiger partial charge is 0.453 e. The molecule has 2 aliphatic heterocycles. The van der Waals surface area contributed by atoms with Gasteiger partial charge in [0.15, 0.2) is 0 Å². The number of carbonyl (C=O) groups is 1. The molecule has 1 aromatic carbocycles. The Kier molecular flexibility index (Phi) is 2.83. The van der Waals surface area contributed by atoms with Crippen LogP contribution in [0.2, 0.25) is 0 Å². The molecule has 5 nitrogen and oxygen atoms in total. The smallest absolute Gasteiger partial charge is 0.411 e. The number of anilines is 2. The van der Waals surface area contributed by atoms with Gasteiger partial charge in [0, 0.05) is 36.5 Å². The molecule has 0 saturated carbocycles. The number of nitrogens with one attached hydrogen (secondary N) is 2. The van der Waals surface area contributed by atoms with E-state index in [2.05, 4.69) is 20.3 Å². The molecule has 2 bridgehead atoms. The summed E-state index contributed by atoms with van der Waals surface area (Å²) in [7, 11) is 1.36. The predicted molar refractivity (Wildman–Crippen MR) is 70.0 cm³/mol. The number of hydrogen-bond donors (Lipinski definition) is 2. The van der Waals surface area contributed by atoms with Gasteiger partial charge in [0.2, 0.25) is 0 Å². The van der Waals surface area contributed by atoms with Crippen LogP contribution in [0.4, 0.5) is 16.2 Å². The normalized spacial score (nSPS) is 25.3. The molecule has 1 amide bonds. The van der Waals surface area contributed by atoms with Crippen molar-refractivity contribution in [2.75, 3.05) is 30.4 Å². The number of rotatable bonds is 2. The molecule has 2 N–H and O–H groups in total. The quantitative estimate of drug-likeness (QED) is 0.830. The van der Waals surface area contributed by atoms with E-state index in [9.17, 15) is 4.79 Å². The van der Waals surface area contributed by atoms with E-state index in [1.807, 2.05) is 24.3 Å². The Bertz CT molecular complexity index is 446. The van der Waals surface area contributed by atoms with Gasteiger partial charge in [0.25, 0.3) is 0 Å². The van der Waals surface area contributed by atoms with Gasteiger partial charge in [-0.25, -0.2) is 4.79 Å². The number of carbonyl (C=O) groups excluding carboxylic acids is 1. The lowest BCUT2D eigenvalue weighted by Gasteiger charge is -2.29. The standard InChI is InChI=1S/C13H17N3O2/c1-18-13(17)15-9-2-4-11(5-3-9)16-8-10-6-12(16)7-14-10/h2-5,10,12,14H,6-8H2,1H3,(H,15,17)/t10-,12-/m0/s1. The molecule has 0 spiro atoms. The number of fused-ring (bicyclic) bond motifs is 2. The van der Waals surface area contributed by atoms with Crippen LogP contribution in [0.1, 0.15) is 6.42 Å². The van der Waals surface area contributed by atoms with E-state index in [0.717, 1.165) is 18.8 Å². The van der Waals surface area contributed by atoms with E-state index in [1.54, 1.807) is 0 Å². The fourth-order valence-corrected chi connectivity index (χ4v) is 2.78. The van der Waals surface area contributed by atoms with E-state index in [4.69, 9.17) is 0 Å². The fourth-order valence-electron chi connectivity index (χ4n) is 2.78. The number of benzene rings is 1. The first kappa shape index (κ1) is 11.3. The highest BCUT2D eigenvalue weighted by molar-refractivity contribution is 5.84. The van der Waals surface area contributed by atoms with E-state index >= 15 is 0 Å². The number of piperazine rings is 1. The highest BCUT2D eigenvalue weighted by Gasteiger charge is 2.37. The summed E-state index contributed by atoms with van der Waals surface area (Å²) in [5.74, 6) is 0. The zero-order valence-corrected chi connectivity index (χ0v) is 10.3. The lowest BCUT2D eigenvalue weighted by molar-refractivity contribution is 0.187. The van der Waals surface area contributed by atoms with Crippen LogP contribution in [0.15, 0.2) is 24.3 Å². The third kappa shape index (κ3) is 2.01. The Morgan fingerprint density at radius 2 is 2.22 bits per heavy atom. The van der Waals surface area contributed by atoms with Gasteiger partial charge >= 0.3 is 6.09 Å². The number of ether oxygens (including phenoxy) is 1. The van der Waals surface area contributed by atoms with Crippen molar-refractivity contribution in [2.24, 2.45) is 0 Å². The second kappa shape index (κ2) is 4.49. The van der Waals surface area contributed by atoms with E-state index in [0.29, 0.717) is 12.1 Å². The van der Waals surface area contributed by atoms with Crippen molar-refractivity contribution in [2.45, 2.75) is 18.5 Å². The van der Waals surface area contributed by atoms with Gasteiger partial charge in [-0.3, -0.25) is 5.32 Å². The number of methoxy groups -OCH3 is 1. The summed E-state index contributed by atoms with van der Waals surface area (Å²) in [6, 6.07) is 9.17. The second-order valence-electron chi connectivity index (χ2n) is 4.81. The molecule has 2 fully saturated rings. The first-order chi connectivity index (χ1) is 8.76.